The van der Waals surface area contributed by atoms with E-state index in [1.54, 1.807) is 24.2 Å². The van der Waals surface area contributed by atoms with Crippen LogP contribution in [0.15, 0.2) is 54.9 Å². The molecule has 4 rings (SSSR count). The number of hydrogen-bond acceptors (Lipinski definition) is 6. The number of nitrogens with zero attached hydrogens (tertiary/aromatic N) is 5. The third-order valence-corrected chi connectivity index (χ3v) is 4.81. The molecule has 0 bridgehead atoms. The van der Waals surface area contributed by atoms with Crippen molar-refractivity contribution in [3.8, 4) is 5.75 Å². The number of ether oxygens (including phenoxy) is 1. The van der Waals surface area contributed by atoms with E-state index in [-0.39, 0.29) is 36.8 Å². The van der Waals surface area contributed by atoms with Crippen LogP contribution in [0, 0.1) is 0 Å². The van der Waals surface area contributed by atoms with Gasteiger partial charge in [0.1, 0.15) is 5.75 Å². The molecule has 1 unspecified atom stereocenters. The second-order valence-corrected chi connectivity index (χ2v) is 6.58. The molecule has 1 fully saturated rings. The Labute approximate surface area is 187 Å². The third kappa shape index (κ3) is 5.08. The van der Waals surface area contributed by atoms with Gasteiger partial charge in [0.15, 0.2) is 5.69 Å². The van der Waals surface area contributed by atoms with Crippen LogP contribution in [0.2, 0.25) is 0 Å². The number of nitrogens with one attached hydrogen (secondary N) is 1. The van der Waals surface area contributed by atoms with Crippen LogP contribution >= 0.6 is 24.8 Å². The van der Waals surface area contributed by atoms with Crippen LogP contribution in [0.4, 0.5) is 0 Å². The molecule has 1 aliphatic heterocycles. The zero-order valence-electron chi connectivity index (χ0n) is 16.5. The van der Waals surface area contributed by atoms with E-state index in [9.17, 15) is 4.79 Å². The van der Waals surface area contributed by atoms with Gasteiger partial charge in [0.05, 0.1) is 31.6 Å². The maximum absolute atomic E-state index is 13.2. The zero-order chi connectivity index (χ0) is 19.3. The molecule has 1 amide bonds. The lowest BCUT2D eigenvalue weighted by Gasteiger charge is -2.36. The quantitative estimate of drug-likeness (QED) is 0.641. The lowest BCUT2D eigenvalue weighted by atomic mass is 10.0. The molecular formula is C20H24Cl2N6O2. The summed E-state index contributed by atoms with van der Waals surface area (Å²) in [6.07, 6.45) is 3.41. The smallest absolute Gasteiger partial charge is 0.276 e. The van der Waals surface area contributed by atoms with Crippen LogP contribution in [0.5, 0.6) is 5.75 Å². The molecule has 0 aliphatic carbocycles. The van der Waals surface area contributed by atoms with Crippen molar-refractivity contribution in [1.29, 1.82) is 0 Å². The lowest BCUT2D eigenvalue weighted by Crippen LogP contribution is -2.48. The van der Waals surface area contributed by atoms with Crippen LogP contribution in [-0.4, -0.2) is 57.5 Å². The van der Waals surface area contributed by atoms with E-state index >= 15 is 0 Å². The highest BCUT2D eigenvalue weighted by Gasteiger charge is 2.31. The maximum atomic E-state index is 13.2. The summed E-state index contributed by atoms with van der Waals surface area (Å²) in [7, 11) is 1.64. The summed E-state index contributed by atoms with van der Waals surface area (Å²) >= 11 is 0. The number of methoxy groups -OCH3 is 1. The van der Waals surface area contributed by atoms with Gasteiger partial charge in [-0.05, 0) is 18.2 Å². The molecule has 2 aromatic heterocycles. The first-order chi connectivity index (χ1) is 13.8. The highest BCUT2D eigenvalue weighted by molar-refractivity contribution is 5.92. The van der Waals surface area contributed by atoms with Gasteiger partial charge in [0.25, 0.3) is 5.91 Å². The number of rotatable bonds is 5. The Hall–Kier alpha value is -2.68. The van der Waals surface area contributed by atoms with Crippen LogP contribution in [0.3, 0.4) is 0 Å². The first kappa shape index (κ1) is 23.6. The predicted octanol–water partition coefficient (Wildman–Crippen LogP) is 2.36. The van der Waals surface area contributed by atoms with Crippen molar-refractivity contribution < 1.29 is 9.53 Å². The largest absolute Gasteiger partial charge is 0.496 e. The minimum atomic E-state index is -0.135. The van der Waals surface area contributed by atoms with Crippen molar-refractivity contribution in [2.75, 3.05) is 26.7 Å². The molecule has 1 saturated heterocycles. The minimum absolute atomic E-state index is 0. The van der Waals surface area contributed by atoms with Crippen LogP contribution in [0.25, 0.3) is 0 Å². The highest BCUT2D eigenvalue weighted by atomic mass is 35.5. The summed E-state index contributed by atoms with van der Waals surface area (Å²) in [5, 5.41) is 11.6. The molecule has 0 radical (unpaired) electrons. The number of carbonyl (C=O) groups excluding carboxylic acids is 1. The molecule has 1 N–H and O–H groups in total. The topological polar surface area (TPSA) is 85.2 Å². The Balaban J connectivity index is 0.00000160. The second kappa shape index (κ2) is 10.9. The molecule has 1 aromatic carbocycles. The summed E-state index contributed by atoms with van der Waals surface area (Å²) in [5.74, 6) is 0.637. The van der Waals surface area contributed by atoms with Gasteiger partial charge in [-0.3, -0.25) is 9.78 Å². The van der Waals surface area contributed by atoms with E-state index in [0.717, 1.165) is 23.6 Å². The van der Waals surface area contributed by atoms with Crippen molar-refractivity contribution in [2.45, 2.75) is 12.6 Å². The predicted molar refractivity (Wildman–Crippen MR) is 117 cm³/mol. The van der Waals surface area contributed by atoms with Gasteiger partial charge in [0.2, 0.25) is 0 Å². The summed E-state index contributed by atoms with van der Waals surface area (Å²) in [5.41, 5.74) is 2.17. The van der Waals surface area contributed by atoms with Crippen molar-refractivity contribution >= 4 is 30.7 Å². The van der Waals surface area contributed by atoms with E-state index in [0.29, 0.717) is 25.3 Å². The van der Waals surface area contributed by atoms with Crippen molar-refractivity contribution in [2.24, 2.45) is 0 Å². The van der Waals surface area contributed by atoms with Gasteiger partial charge in [-0.25, -0.2) is 4.68 Å². The van der Waals surface area contributed by atoms with Crippen LogP contribution in [0.1, 0.15) is 27.8 Å². The number of pyridine rings is 1. The van der Waals surface area contributed by atoms with Gasteiger partial charge >= 0.3 is 0 Å². The molecule has 10 heteroatoms. The fourth-order valence-electron chi connectivity index (χ4n) is 3.45. The number of halogens is 2. The Morgan fingerprint density at radius 1 is 1.20 bits per heavy atom. The van der Waals surface area contributed by atoms with Crippen molar-refractivity contribution in [3.63, 3.8) is 0 Å². The number of aromatic nitrogens is 4. The Morgan fingerprint density at radius 2 is 2.00 bits per heavy atom. The number of hydrogen-bond donors (Lipinski definition) is 1. The van der Waals surface area contributed by atoms with Gasteiger partial charge in [-0.2, -0.15) is 0 Å². The average Bonchev–Trinajstić information content (AvgIpc) is 3.22. The van der Waals surface area contributed by atoms with Crippen molar-refractivity contribution in [1.82, 2.24) is 30.2 Å². The van der Waals surface area contributed by atoms with E-state index in [1.807, 2.05) is 47.4 Å². The highest BCUT2D eigenvalue weighted by Crippen LogP contribution is 2.30. The molecule has 0 saturated carbocycles. The zero-order valence-corrected chi connectivity index (χ0v) is 18.1. The molecule has 1 atom stereocenters. The Bertz CT molecular complexity index is 953. The molecular weight excluding hydrogens is 427 g/mol. The standard InChI is InChI=1S/C20H22N6O2.2ClH/c1-28-19-8-3-2-7-16(19)18-12-21-10-11-26(18)20(27)17-14-25(24-23-17)13-15-6-4-5-9-22-15;;/h2-9,14,18,21H,10-13H2,1H3;2*1H. The summed E-state index contributed by atoms with van der Waals surface area (Å²) < 4.78 is 7.13. The second-order valence-electron chi connectivity index (χ2n) is 6.58. The van der Waals surface area contributed by atoms with Crippen LogP contribution < -0.4 is 10.1 Å². The fourth-order valence-corrected chi connectivity index (χ4v) is 3.45. The Kier molecular flexibility index (Phi) is 8.58. The van der Waals surface area contributed by atoms with Crippen LogP contribution in [-0.2, 0) is 6.54 Å². The normalized spacial score (nSPS) is 15.6. The van der Waals surface area contributed by atoms with E-state index in [4.69, 9.17) is 4.74 Å². The first-order valence-corrected chi connectivity index (χ1v) is 9.21. The lowest BCUT2D eigenvalue weighted by molar-refractivity contribution is 0.0625. The summed E-state index contributed by atoms with van der Waals surface area (Å²) in [6, 6.07) is 13.4. The molecule has 3 heterocycles. The summed E-state index contributed by atoms with van der Waals surface area (Å²) in [6.45, 7) is 2.46. The fraction of sp³-hybridized carbons (Fsp3) is 0.300. The SMILES string of the molecule is COc1ccccc1C1CNCCN1C(=O)c1cn(Cc2ccccn2)nn1.Cl.Cl. The molecule has 3 aromatic rings. The van der Waals surface area contributed by atoms with E-state index in [1.165, 1.54) is 0 Å². The number of amides is 1. The number of carbonyl (C=O) groups is 1. The average molecular weight is 451 g/mol. The Morgan fingerprint density at radius 3 is 2.77 bits per heavy atom. The van der Waals surface area contributed by atoms with E-state index in [2.05, 4.69) is 20.6 Å². The molecule has 1 aliphatic rings. The maximum Gasteiger partial charge on any atom is 0.276 e. The number of benzene rings is 1. The number of piperazine rings is 1. The van der Waals surface area contributed by atoms with E-state index < -0.39 is 0 Å². The van der Waals surface area contributed by atoms with Gasteiger partial charge < -0.3 is 15.0 Å². The van der Waals surface area contributed by atoms with Gasteiger partial charge in [0, 0.05) is 31.4 Å². The molecule has 30 heavy (non-hydrogen) atoms. The minimum Gasteiger partial charge on any atom is -0.496 e. The molecule has 8 nitrogen and oxygen atoms in total. The molecule has 0 spiro atoms. The summed E-state index contributed by atoms with van der Waals surface area (Å²) in [4.78, 5) is 19.3. The van der Waals surface area contributed by atoms with Crippen molar-refractivity contribution in [3.05, 3.63) is 71.8 Å². The molecule has 160 valence electrons. The monoisotopic (exact) mass is 450 g/mol. The van der Waals surface area contributed by atoms with Gasteiger partial charge in [-0.1, -0.05) is 29.5 Å². The number of para-hydroxylation sites is 1. The van der Waals surface area contributed by atoms with Gasteiger partial charge in [-0.15, -0.1) is 29.9 Å². The first-order valence-electron chi connectivity index (χ1n) is 9.21. The third-order valence-electron chi connectivity index (χ3n) is 4.81.